The number of nitrogens with zero attached hydrogens (tertiary/aromatic N) is 2. The molecule has 1 saturated heterocycles. The summed E-state index contributed by atoms with van der Waals surface area (Å²) in [7, 11) is 0. The predicted molar refractivity (Wildman–Crippen MR) is 71.2 cm³/mol. The number of benzene rings is 1. The molecule has 0 aliphatic carbocycles. The van der Waals surface area contributed by atoms with Crippen molar-refractivity contribution in [3.05, 3.63) is 38.9 Å². The minimum absolute atomic E-state index is 0.0392. The van der Waals surface area contributed by atoms with Gasteiger partial charge in [0.2, 0.25) is 0 Å². The molecule has 0 radical (unpaired) electrons. The molecule has 8 nitrogen and oxygen atoms in total. The monoisotopic (exact) mass is 314 g/mol. The van der Waals surface area contributed by atoms with Crippen LogP contribution in [0.1, 0.15) is 16.8 Å². The van der Waals surface area contributed by atoms with Gasteiger partial charge in [0, 0.05) is 25.1 Å². The minimum atomic E-state index is -1.22. The number of carboxylic acid groups (broad SMARTS) is 1. The molecule has 1 aliphatic heterocycles. The Kier molecular flexibility index (Phi) is 4.10. The summed E-state index contributed by atoms with van der Waals surface area (Å²) in [6, 6.07) is 2.17. The highest BCUT2D eigenvalue weighted by Gasteiger charge is 2.39. The highest BCUT2D eigenvalue weighted by Crippen LogP contribution is 2.27. The predicted octanol–water partition coefficient (Wildman–Crippen LogP) is 0.908. The lowest BCUT2D eigenvalue weighted by Gasteiger charge is -2.21. The second-order valence-corrected chi connectivity index (χ2v) is 5.03. The Morgan fingerprint density at radius 3 is 2.62 bits per heavy atom. The fourth-order valence-corrected chi connectivity index (χ4v) is 2.47. The van der Waals surface area contributed by atoms with Crippen LogP contribution in [0.25, 0.3) is 0 Å². The third-order valence-electron chi connectivity index (χ3n) is 3.22. The maximum Gasteiger partial charge on any atom is 0.326 e. The number of non-ortho nitro benzene ring substituents is 1. The summed E-state index contributed by atoms with van der Waals surface area (Å²) < 4.78 is 0. The van der Waals surface area contributed by atoms with E-state index < -0.39 is 28.9 Å². The van der Waals surface area contributed by atoms with E-state index in [1.165, 1.54) is 6.07 Å². The smallest absolute Gasteiger partial charge is 0.326 e. The summed E-state index contributed by atoms with van der Waals surface area (Å²) in [5.74, 6) is -1.91. The first kappa shape index (κ1) is 15.2. The van der Waals surface area contributed by atoms with Crippen molar-refractivity contribution in [3.63, 3.8) is 0 Å². The number of aliphatic carboxylic acids is 1. The Morgan fingerprint density at radius 1 is 1.43 bits per heavy atom. The molecule has 1 aliphatic rings. The van der Waals surface area contributed by atoms with Gasteiger partial charge in [0.1, 0.15) is 6.04 Å². The van der Waals surface area contributed by atoms with Crippen LogP contribution in [0.15, 0.2) is 18.2 Å². The van der Waals surface area contributed by atoms with Crippen LogP contribution in [0.4, 0.5) is 5.69 Å². The normalized spacial score (nSPS) is 21.3. The number of carboxylic acids is 1. The fraction of sp³-hybridized carbons (Fsp3) is 0.333. The van der Waals surface area contributed by atoms with E-state index in [1.54, 1.807) is 0 Å². The van der Waals surface area contributed by atoms with Crippen LogP contribution in [0.5, 0.6) is 0 Å². The number of rotatable bonds is 3. The highest BCUT2D eigenvalue weighted by atomic mass is 35.5. The van der Waals surface area contributed by atoms with Crippen molar-refractivity contribution >= 4 is 29.2 Å². The lowest BCUT2D eigenvalue weighted by molar-refractivity contribution is -0.384. The van der Waals surface area contributed by atoms with Gasteiger partial charge in [-0.25, -0.2) is 4.79 Å². The molecule has 2 rings (SSSR count). The van der Waals surface area contributed by atoms with Crippen LogP contribution >= 0.6 is 11.6 Å². The zero-order valence-electron chi connectivity index (χ0n) is 10.6. The first-order valence-corrected chi connectivity index (χ1v) is 6.35. The third-order valence-corrected chi connectivity index (χ3v) is 3.53. The summed E-state index contributed by atoms with van der Waals surface area (Å²) >= 11 is 5.85. The maximum absolute atomic E-state index is 12.3. The number of nitro groups is 1. The Balaban J connectivity index is 2.31. The van der Waals surface area contributed by atoms with Crippen LogP contribution in [0.2, 0.25) is 5.02 Å². The molecule has 2 N–H and O–H groups in total. The average Bonchev–Trinajstić information content (AvgIpc) is 2.80. The van der Waals surface area contributed by atoms with Crippen molar-refractivity contribution in [1.82, 2.24) is 4.90 Å². The topological polar surface area (TPSA) is 121 Å². The second-order valence-electron chi connectivity index (χ2n) is 4.62. The van der Waals surface area contributed by atoms with Gasteiger partial charge in [-0.2, -0.15) is 0 Å². The first-order valence-electron chi connectivity index (χ1n) is 5.97. The van der Waals surface area contributed by atoms with Gasteiger partial charge in [0.25, 0.3) is 11.6 Å². The quantitative estimate of drug-likeness (QED) is 0.631. The number of halogens is 1. The van der Waals surface area contributed by atoms with E-state index in [1.807, 2.05) is 0 Å². The van der Waals surface area contributed by atoms with E-state index in [0.717, 1.165) is 17.0 Å². The van der Waals surface area contributed by atoms with Crippen molar-refractivity contribution < 1.29 is 24.7 Å². The Hall–Kier alpha value is -2.19. The number of carbonyl (C=O) groups excluding carboxylic acids is 1. The molecular weight excluding hydrogens is 304 g/mol. The molecule has 0 saturated carbocycles. The molecule has 1 aromatic carbocycles. The van der Waals surface area contributed by atoms with E-state index in [4.69, 9.17) is 16.7 Å². The molecular formula is C12H11ClN2O6. The molecule has 0 bridgehead atoms. The van der Waals surface area contributed by atoms with Crippen molar-refractivity contribution in [2.75, 3.05) is 6.54 Å². The lowest BCUT2D eigenvalue weighted by Crippen LogP contribution is -2.40. The summed E-state index contributed by atoms with van der Waals surface area (Å²) in [4.78, 5) is 34.4. The zero-order valence-corrected chi connectivity index (χ0v) is 11.4. The Labute approximate surface area is 123 Å². The molecule has 1 amide bonds. The molecule has 0 spiro atoms. The van der Waals surface area contributed by atoms with Gasteiger partial charge in [-0.15, -0.1) is 0 Å². The molecule has 21 heavy (non-hydrogen) atoms. The van der Waals surface area contributed by atoms with Gasteiger partial charge in [-0.1, -0.05) is 11.6 Å². The molecule has 112 valence electrons. The standard InChI is InChI=1S/C12H11ClN2O6/c13-9-3-6(15(20)21)1-2-8(9)11(17)14-5-7(16)4-10(14)12(18)19/h1-3,7,10,16H,4-5H2,(H,18,19). The maximum atomic E-state index is 12.3. The van der Waals surface area contributed by atoms with Crippen molar-refractivity contribution in [2.45, 2.75) is 18.6 Å². The van der Waals surface area contributed by atoms with E-state index in [0.29, 0.717) is 0 Å². The molecule has 1 fully saturated rings. The third kappa shape index (κ3) is 2.96. The molecule has 1 aromatic rings. The Morgan fingerprint density at radius 2 is 2.10 bits per heavy atom. The van der Waals surface area contributed by atoms with E-state index >= 15 is 0 Å². The first-order chi connectivity index (χ1) is 9.81. The van der Waals surface area contributed by atoms with E-state index in [2.05, 4.69) is 0 Å². The van der Waals surface area contributed by atoms with Crippen LogP contribution in [-0.2, 0) is 4.79 Å². The van der Waals surface area contributed by atoms with Crippen LogP contribution < -0.4 is 0 Å². The number of hydrogen-bond donors (Lipinski definition) is 2. The van der Waals surface area contributed by atoms with Crippen LogP contribution in [-0.4, -0.2) is 50.6 Å². The zero-order chi connectivity index (χ0) is 15.7. The number of nitro benzene ring substituents is 1. The highest BCUT2D eigenvalue weighted by molar-refractivity contribution is 6.34. The molecule has 1 heterocycles. The van der Waals surface area contributed by atoms with Gasteiger partial charge < -0.3 is 15.1 Å². The fourth-order valence-electron chi connectivity index (χ4n) is 2.22. The second kappa shape index (κ2) is 5.66. The molecule has 9 heteroatoms. The number of amides is 1. The van der Waals surface area contributed by atoms with Gasteiger partial charge in [0.05, 0.1) is 21.6 Å². The summed E-state index contributed by atoms with van der Waals surface area (Å²) in [6.07, 6.45) is -0.988. The van der Waals surface area contributed by atoms with Gasteiger partial charge in [-0.05, 0) is 6.07 Å². The number of likely N-dealkylation sites (tertiary alicyclic amines) is 1. The van der Waals surface area contributed by atoms with Crippen LogP contribution in [0.3, 0.4) is 0 Å². The molecule has 2 atom stereocenters. The van der Waals surface area contributed by atoms with E-state index in [-0.39, 0.29) is 29.2 Å². The number of aliphatic hydroxyl groups is 1. The lowest BCUT2D eigenvalue weighted by atomic mass is 10.1. The summed E-state index contributed by atoms with van der Waals surface area (Å²) in [6.45, 7) is -0.122. The molecule has 2 unspecified atom stereocenters. The van der Waals surface area contributed by atoms with Crippen molar-refractivity contribution in [1.29, 1.82) is 0 Å². The minimum Gasteiger partial charge on any atom is -0.480 e. The number of β-amino-alcohol motifs (C(OH)–C–C–N with tert-alkyl or cyclic N) is 1. The van der Waals surface area contributed by atoms with Crippen LogP contribution in [0, 0.1) is 10.1 Å². The summed E-state index contributed by atoms with van der Waals surface area (Å²) in [5.41, 5.74) is -0.310. The average molecular weight is 315 g/mol. The Bertz CT molecular complexity index is 620. The largest absolute Gasteiger partial charge is 0.480 e. The number of hydrogen-bond acceptors (Lipinski definition) is 5. The number of carbonyl (C=O) groups is 2. The SMILES string of the molecule is O=C(O)C1CC(O)CN1C(=O)c1ccc([N+](=O)[O-])cc1Cl. The van der Waals surface area contributed by atoms with E-state index in [9.17, 15) is 24.8 Å². The van der Waals surface area contributed by atoms with Crippen molar-refractivity contribution in [2.24, 2.45) is 0 Å². The summed E-state index contributed by atoms with van der Waals surface area (Å²) in [5, 5.41) is 29.1. The molecule has 0 aromatic heterocycles. The van der Waals surface area contributed by atoms with Crippen molar-refractivity contribution in [3.8, 4) is 0 Å². The number of aliphatic hydroxyl groups excluding tert-OH is 1. The van der Waals surface area contributed by atoms with Gasteiger partial charge >= 0.3 is 5.97 Å². The van der Waals surface area contributed by atoms with Gasteiger partial charge in [0.15, 0.2) is 0 Å². The van der Waals surface area contributed by atoms with Gasteiger partial charge in [-0.3, -0.25) is 14.9 Å².